The van der Waals surface area contributed by atoms with Crippen LogP contribution in [0.25, 0.3) is 0 Å². The first-order valence-electron chi connectivity index (χ1n) is 8.89. The predicted octanol–water partition coefficient (Wildman–Crippen LogP) is 4.14. The van der Waals surface area contributed by atoms with E-state index in [0.29, 0.717) is 0 Å². The summed E-state index contributed by atoms with van der Waals surface area (Å²) in [4.78, 5) is 25.2. The third kappa shape index (κ3) is 4.31. The number of carboxylic acid groups (broad SMARTS) is 1. The lowest BCUT2D eigenvalue weighted by molar-refractivity contribution is -0.142. The maximum absolute atomic E-state index is 13.3. The Morgan fingerprint density at radius 3 is 1.68 bits per heavy atom. The van der Waals surface area contributed by atoms with Crippen molar-refractivity contribution in [3.05, 3.63) is 108 Å². The summed E-state index contributed by atoms with van der Waals surface area (Å²) >= 11 is 3.63. The van der Waals surface area contributed by atoms with Crippen molar-refractivity contribution in [1.29, 1.82) is 0 Å². The van der Waals surface area contributed by atoms with Gasteiger partial charge in [-0.25, -0.2) is 4.79 Å². The van der Waals surface area contributed by atoms with Gasteiger partial charge in [-0.3, -0.25) is 4.79 Å². The number of rotatable bonds is 7. The van der Waals surface area contributed by atoms with Crippen LogP contribution in [0, 0.1) is 0 Å². The number of nitrogens with one attached hydrogen (secondary N) is 1. The molecule has 5 heteroatoms. The van der Waals surface area contributed by atoms with Gasteiger partial charge in [-0.2, -0.15) is 0 Å². The smallest absolute Gasteiger partial charge is 0.326 e. The summed E-state index contributed by atoms with van der Waals surface area (Å²) in [6.45, 7) is 0. The number of amides is 1. The van der Waals surface area contributed by atoms with Gasteiger partial charge in [0.25, 0.3) is 0 Å². The van der Waals surface area contributed by atoms with Crippen molar-refractivity contribution in [2.45, 2.75) is 16.8 Å². The Bertz CT molecular complexity index is 890. The first kappa shape index (κ1) is 19.8. The lowest BCUT2D eigenvalue weighted by atomic mass is 9.89. The summed E-state index contributed by atoms with van der Waals surface area (Å²) in [5.74, 6) is -1.50. The fourth-order valence-electron chi connectivity index (χ4n) is 3.07. The highest BCUT2D eigenvalue weighted by atomic mass is 79.9. The Morgan fingerprint density at radius 2 is 1.25 bits per heavy atom. The molecule has 0 saturated heterocycles. The van der Waals surface area contributed by atoms with Gasteiger partial charge in [-0.05, 0) is 16.7 Å². The standard InChI is InChI=1S/C23H20BrNO3/c24-23(18-12-6-2-7-13-18,19-14-8-3-9-15-19)22(28)25-20(21(26)27)16-17-10-4-1-5-11-17/h1-15,20H,16H2,(H,25,28)(H,26,27)/t20-/m0/s1. The normalized spacial score (nSPS) is 12.2. The summed E-state index contributed by atoms with van der Waals surface area (Å²) in [7, 11) is 0. The van der Waals surface area contributed by atoms with E-state index in [-0.39, 0.29) is 6.42 Å². The van der Waals surface area contributed by atoms with Gasteiger partial charge in [0.2, 0.25) is 5.91 Å². The van der Waals surface area contributed by atoms with Gasteiger partial charge in [-0.15, -0.1) is 0 Å². The van der Waals surface area contributed by atoms with Crippen molar-refractivity contribution in [2.24, 2.45) is 0 Å². The van der Waals surface area contributed by atoms with Crippen LogP contribution in [-0.4, -0.2) is 23.0 Å². The molecule has 3 aromatic carbocycles. The van der Waals surface area contributed by atoms with Gasteiger partial charge < -0.3 is 10.4 Å². The van der Waals surface area contributed by atoms with Crippen molar-refractivity contribution in [3.63, 3.8) is 0 Å². The van der Waals surface area contributed by atoms with Crippen LogP contribution >= 0.6 is 15.9 Å². The molecular formula is C23H20BrNO3. The molecule has 142 valence electrons. The average molecular weight is 438 g/mol. The van der Waals surface area contributed by atoms with Crippen LogP contribution < -0.4 is 5.32 Å². The van der Waals surface area contributed by atoms with E-state index in [1.807, 2.05) is 91.0 Å². The molecule has 0 spiro atoms. The van der Waals surface area contributed by atoms with E-state index in [1.165, 1.54) is 0 Å². The van der Waals surface area contributed by atoms with Crippen LogP contribution in [0.4, 0.5) is 0 Å². The third-order valence-electron chi connectivity index (χ3n) is 4.54. The summed E-state index contributed by atoms with van der Waals surface area (Å²) in [5.41, 5.74) is 2.29. The Morgan fingerprint density at radius 1 is 0.821 bits per heavy atom. The highest BCUT2D eigenvalue weighted by Gasteiger charge is 2.41. The molecule has 0 aliphatic rings. The molecule has 2 N–H and O–H groups in total. The Hall–Kier alpha value is -2.92. The molecule has 0 bridgehead atoms. The Kier molecular flexibility index (Phi) is 6.26. The molecule has 1 amide bonds. The second-order valence-electron chi connectivity index (χ2n) is 6.44. The van der Waals surface area contributed by atoms with Crippen molar-refractivity contribution in [3.8, 4) is 0 Å². The number of halogens is 1. The van der Waals surface area contributed by atoms with Crippen LogP contribution in [0.15, 0.2) is 91.0 Å². The van der Waals surface area contributed by atoms with E-state index in [2.05, 4.69) is 21.2 Å². The highest BCUT2D eigenvalue weighted by molar-refractivity contribution is 9.10. The van der Waals surface area contributed by atoms with Gasteiger partial charge >= 0.3 is 5.97 Å². The summed E-state index contributed by atoms with van der Waals surface area (Å²) < 4.78 is -1.19. The van der Waals surface area contributed by atoms with Crippen LogP contribution in [0.1, 0.15) is 16.7 Å². The molecule has 0 unspecified atom stereocenters. The van der Waals surface area contributed by atoms with E-state index in [4.69, 9.17) is 0 Å². The zero-order valence-electron chi connectivity index (χ0n) is 15.1. The molecule has 0 saturated carbocycles. The van der Waals surface area contributed by atoms with E-state index >= 15 is 0 Å². The Labute approximate surface area is 172 Å². The number of hydrogen-bond acceptors (Lipinski definition) is 2. The number of benzene rings is 3. The molecule has 1 atom stereocenters. The fourth-order valence-corrected chi connectivity index (χ4v) is 3.72. The van der Waals surface area contributed by atoms with Crippen LogP contribution in [0.5, 0.6) is 0 Å². The van der Waals surface area contributed by atoms with E-state index in [1.54, 1.807) is 0 Å². The molecule has 0 heterocycles. The van der Waals surface area contributed by atoms with E-state index < -0.39 is 22.2 Å². The molecule has 0 aliphatic carbocycles. The zero-order chi connectivity index (χ0) is 20.0. The maximum Gasteiger partial charge on any atom is 0.326 e. The predicted molar refractivity (Wildman–Crippen MR) is 112 cm³/mol. The molecule has 0 radical (unpaired) electrons. The average Bonchev–Trinajstić information content (AvgIpc) is 2.74. The third-order valence-corrected chi connectivity index (χ3v) is 5.82. The van der Waals surface area contributed by atoms with Gasteiger partial charge in [-0.1, -0.05) is 107 Å². The van der Waals surface area contributed by atoms with E-state index in [0.717, 1.165) is 16.7 Å². The number of carboxylic acids is 1. The quantitative estimate of drug-likeness (QED) is 0.545. The van der Waals surface area contributed by atoms with Gasteiger partial charge in [0.1, 0.15) is 6.04 Å². The highest BCUT2D eigenvalue weighted by Crippen LogP contribution is 2.39. The van der Waals surface area contributed by atoms with Crippen molar-refractivity contribution in [2.75, 3.05) is 0 Å². The molecule has 4 nitrogen and oxygen atoms in total. The SMILES string of the molecule is O=C(O)[C@H](Cc1ccccc1)NC(=O)C(Br)(c1ccccc1)c1ccccc1. The molecule has 3 rings (SSSR count). The number of hydrogen-bond donors (Lipinski definition) is 2. The molecular weight excluding hydrogens is 418 g/mol. The minimum Gasteiger partial charge on any atom is -0.480 e. The fraction of sp³-hybridized carbons (Fsp3) is 0.130. The second-order valence-corrected chi connectivity index (χ2v) is 7.63. The minimum absolute atomic E-state index is 0.203. The van der Waals surface area contributed by atoms with Crippen LogP contribution in [0.3, 0.4) is 0 Å². The lowest BCUT2D eigenvalue weighted by Crippen LogP contribution is -2.49. The molecule has 28 heavy (non-hydrogen) atoms. The van der Waals surface area contributed by atoms with Gasteiger partial charge in [0.05, 0.1) is 0 Å². The number of carbonyl (C=O) groups is 2. The number of aliphatic carboxylic acids is 1. The van der Waals surface area contributed by atoms with Crippen LogP contribution in [0.2, 0.25) is 0 Å². The first-order chi connectivity index (χ1) is 13.5. The Balaban J connectivity index is 1.94. The van der Waals surface area contributed by atoms with Crippen molar-refractivity contribution >= 4 is 27.8 Å². The van der Waals surface area contributed by atoms with Gasteiger partial charge in [0.15, 0.2) is 4.32 Å². The maximum atomic E-state index is 13.3. The molecule has 3 aromatic rings. The zero-order valence-corrected chi connectivity index (χ0v) is 16.7. The monoisotopic (exact) mass is 437 g/mol. The number of alkyl halides is 1. The van der Waals surface area contributed by atoms with Gasteiger partial charge in [0, 0.05) is 6.42 Å². The first-order valence-corrected chi connectivity index (χ1v) is 9.69. The summed E-state index contributed by atoms with van der Waals surface area (Å²) in [5, 5.41) is 12.4. The summed E-state index contributed by atoms with van der Waals surface area (Å²) in [6.07, 6.45) is 0.203. The second kappa shape index (κ2) is 8.85. The molecule has 0 fully saturated rings. The minimum atomic E-state index is -1.19. The van der Waals surface area contributed by atoms with Crippen molar-refractivity contribution < 1.29 is 14.7 Å². The van der Waals surface area contributed by atoms with E-state index in [9.17, 15) is 14.7 Å². The largest absolute Gasteiger partial charge is 0.480 e. The van der Waals surface area contributed by atoms with Crippen LogP contribution in [-0.2, 0) is 20.3 Å². The van der Waals surface area contributed by atoms with Crippen molar-refractivity contribution in [1.82, 2.24) is 5.32 Å². The topological polar surface area (TPSA) is 66.4 Å². The molecule has 0 aliphatic heterocycles. The molecule has 0 aromatic heterocycles. The number of carbonyl (C=O) groups excluding carboxylic acids is 1. The summed E-state index contributed by atoms with van der Waals surface area (Å²) in [6, 6.07) is 26.7. The lowest BCUT2D eigenvalue weighted by Gasteiger charge is -2.29.